The number of furan rings is 1. The maximum Gasteiger partial charge on any atom is 0.136 e. The van der Waals surface area contributed by atoms with Crippen molar-refractivity contribution in [1.29, 1.82) is 0 Å². The summed E-state index contributed by atoms with van der Waals surface area (Å²) in [6.07, 6.45) is 0. The maximum absolute atomic E-state index is 6.80. The van der Waals surface area contributed by atoms with Crippen LogP contribution in [0.4, 0.5) is 17.1 Å². The standard InChI is InChI=1S/C55H36N2O/c1-4-15-37(16-5-1)43-33-50(40-18-6-2-7-19-40)56-51(34-43)44-32-48(55-49-31-41-20-10-11-21-42(41)35-53(49)58-54(55)36-44)39-27-29-46(30-28-39)57(45-23-8-3-9-24-45)52-26-14-22-38-17-12-13-25-47(38)52/h1-36H. The van der Waals surface area contributed by atoms with Gasteiger partial charge in [-0.3, -0.25) is 0 Å². The van der Waals surface area contributed by atoms with Crippen LogP contribution in [-0.2, 0) is 0 Å². The fraction of sp³-hybridized carbons (Fsp3) is 0. The maximum atomic E-state index is 6.80. The zero-order chi connectivity index (χ0) is 38.4. The van der Waals surface area contributed by atoms with E-state index in [0.717, 1.165) is 89.2 Å². The molecule has 0 aliphatic heterocycles. The number of rotatable bonds is 7. The van der Waals surface area contributed by atoms with Gasteiger partial charge in [0.2, 0.25) is 0 Å². The van der Waals surface area contributed by atoms with Gasteiger partial charge in [0.25, 0.3) is 0 Å². The molecule has 0 spiro atoms. The largest absolute Gasteiger partial charge is 0.456 e. The van der Waals surface area contributed by atoms with Crippen molar-refractivity contribution in [2.24, 2.45) is 0 Å². The normalized spacial score (nSPS) is 11.4. The molecule has 2 aromatic heterocycles. The molecule has 0 radical (unpaired) electrons. The number of hydrogen-bond acceptors (Lipinski definition) is 3. The minimum atomic E-state index is 0.830. The molecule has 58 heavy (non-hydrogen) atoms. The quantitative estimate of drug-likeness (QED) is 0.163. The highest BCUT2D eigenvalue weighted by Gasteiger charge is 2.20. The summed E-state index contributed by atoms with van der Waals surface area (Å²) in [6.45, 7) is 0. The second kappa shape index (κ2) is 14.1. The average molecular weight is 741 g/mol. The highest BCUT2D eigenvalue weighted by molar-refractivity contribution is 6.16. The van der Waals surface area contributed by atoms with E-state index >= 15 is 0 Å². The Balaban J connectivity index is 1.12. The Labute approximate surface area is 336 Å². The van der Waals surface area contributed by atoms with Crippen molar-refractivity contribution in [1.82, 2.24) is 4.98 Å². The first-order valence-electron chi connectivity index (χ1n) is 19.7. The minimum Gasteiger partial charge on any atom is -0.456 e. The summed E-state index contributed by atoms with van der Waals surface area (Å²) in [5.41, 5.74) is 13.3. The van der Waals surface area contributed by atoms with Crippen molar-refractivity contribution in [3.05, 3.63) is 218 Å². The summed E-state index contributed by atoms with van der Waals surface area (Å²) in [4.78, 5) is 7.67. The molecule has 0 bridgehead atoms. The van der Waals surface area contributed by atoms with Crippen LogP contribution < -0.4 is 4.90 Å². The smallest absolute Gasteiger partial charge is 0.136 e. The summed E-state index contributed by atoms with van der Waals surface area (Å²) in [5.74, 6) is 0. The first-order chi connectivity index (χ1) is 28.7. The number of benzene rings is 9. The lowest BCUT2D eigenvalue weighted by atomic mass is 9.94. The third-order valence-electron chi connectivity index (χ3n) is 11.2. The van der Waals surface area contributed by atoms with Gasteiger partial charge in [0.1, 0.15) is 11.2 Å². The zero-order valence-electron chi connectivity index (χ0n) is 31.6. The molecular weight excluding hydrogens is 705 g/mol. The molecular formula is C55H36N2O. The van der Waals surface area contributed by atoms with Gasteiger partial charge in [0.05, 0.1) is 17.1 Å². The van der Waals surface area contributed by atoms with Gasteiger partial charge in [-0.1, -0.05) is 152 Å². The van der Waals surface area contributed by atoms with Crippen LogP contribution in [0.1, 0.15) is 0 Å². The van der Waals surface area contributed by atoms with Crippen molar-refractivity contribution >= 4 is 60.5 Å². The molecule has 9 aromatic carbocycles. The Kier molecular flexibility index (Phi) is 8.15. The molecule has 0 aliphatic carbocycles. The molecule has 11 aromatic rings. The van der Waals surface area contributed by atoms with Gasteiger partial charge in [0.15, 0.2) is 0 Å². The predicted molar refractivity (Wildman–Crippen MR) is 243 cm³/mol. The lowest BCUT2D eigenvalue weighted by Crippen LogP contribution is -2.10. The number of aromatic nitrogens is 1. The van der Waals surface area contributed by atoms with E-state index in [1.54, 1.807) is 0 Å². The van der Waals surface area contributed by atoms with E-state index in [2.05, 4.69) is 217 Å². The Morgan fingerprint density at radius 2 is 0.931 bits per heavy atom. The van der Waals surface area contributed by atoms with Gasteiger partial charge in [-0.05, 0) is 105 Å². The monoisotopic (exact) mass is 740 g/mol. The van der Waals surface area contributed by atoms with Gasteiger partial charge in [-0.15, -0.1) is 0 Å². The van der Waals surface area contributed by atoms with Crippen molar-refractivity contribution < 1.29 is 4.42 Å². The van der Waals surface area contributed by atoms with Crippen LogP contribution >= 0.6 is 0 Å². The first-order valence-corrected chi connectivity index (χ1v) is 19.7. The molecule has 272 valence electrons. The van der Waals surface area contributed by atoms with Gasteiger partial charge in [-0.25, -0.2) is 4.98 Å². The molecule has 3 heteroatoms. The molecule has 0 atom stereocenters. The van der Waals surface area contributed by atoms with Crippen LogP contribution in [0.2, 0.25) is 0 Å². The molecule has 0 saturated heterocycles. The summed E-state index contributed by atoms with van der Waals surface area (Å²) >= 11 is 0. The second-order valence-electron chi connectivity index (χ2n) is 14.8. The van der Waals surface area contributed by atoms with E-state index in [-0.39, 0.29) is 0 Å². The lowest BCUT2D eigenvalue weighted by molar-refractivity contribution is 0.669. The summed E-state index contributed by atoms with van der Waals surface area (Å²) in [6, 6.07) is 77.5. The third kappa shape index (κ3) is 5.98. The highest BCUT2D eigenvalue weighted by Crippen LogP contribution is 2.44. The summed E-state index contributed by atoms with van der Waals surface area (Å²) < 4.78 is 6.80. The molecule has 0 N–H and O–H groups in total. The van der Waals surface area contributed by atoms with Crippen LogP contribution in [0.5, 0.6) is 0 Å². The van der Waals surface area contributed by atoms with Crippen LogP contribution in [0.25, 0.3) is 88.3 Å². The number of para-hydroxylation sites is 1. The fourth-order valence-electron chi connectivity index (χ4n) is 8.40. The van der Waals surface area contributed by atoms with Crippen molar-refractivity contribution in [3.8, 4) is 44.8 Å². The van der Waals surface area contributed by atoms with E-state index < -0.39 is 0 Å². The molecule has 0 saturated carbocycles. The Hall–Kier alpha value is -7.75. The summed E-state index contributed by atoms with van der Waals surface area (Å²) in [7, 11) is 0. The van der Waals surface area contributed by atoms with E-state index in [1.807, 2.05) is 6.07 Å². The third-order valence-corrected chi connectivity index (χ3v) is 11.2. The van der Waals surface area contributed by atoms with Gasteiger partial charge in [-0.2, -0.15) is 0 Å². The molecule has 3 nitrogen and oxygen atoms in total. The van der Waals surface area contributed by atoms with E-state index in [9.17, 15) is 0 Å². The van der Waals surface area contributed by atoms with Crippen LogP contribution in [0, 0.1) is 0 Å². The molecule has 0 aliphatic rings. The number of nitrogens with zero attached hydrogens (tertiary/aromatic N) is 2. The Bertz CT molecular complexity index is 3200. The van der Waals surface area contributed by atoms with Crippen molar-refractivity contribution in [2.75, 3.05) is 4.90 Å². The van der Waals surface area contributed by atoms with Crippen LogP contribution in [0.15, 0.2) is 223 Å². The number of fused-ring (bicyclic) bond motifs is 5. The molecule has 0 amide bonds. The number of hydrogen-bond donors (Lipinski definition) is 0. The zero-order valence-corrected chi connectivity index (χ0v) is 31.6. The lowest BCUT2D eigenvalue weighted by Gasteiger charge is -2.27. The SMILES string of the molecule is c1ccc(-c2cc(-c3ccccc3)nc(-c3cc(-c4ccc(N(c5ccccc5)c5cccc6ccccc56)cc4)c4c(c3)oc3cc5ccccc5cc34)c2)cc1. The topological polar surface area (TPSA) is 29.3 Å². The second-order valence-corrected chi connectivity index (χ2v) is 14.8. The van der Waals surface area contributed by atoms with Gasteiger partial charge in [0, 0.05) is 38.7 Å². The molecule has 2 heterocycles. The van der Waals surface area contributed by atoms with Gasteiger partial charge >= 0.3 is 0 Å². The van der Waals surface area contributed by atoms with Crippen LogP contribution in [0.3, 0.4) is 0 Å². The number of anilines is 3. The predicted octanol–water partition coefficient (Wildman–Crippen LogP) is 15.4. The molecule has 11 rings (SSSR count). The van der Waals surface area contributed by atoms with E-state index in [1.165, 1.54) is 16.2 Å². The number of pyridine rings is 1. The van der Waals surface area contributed by atoms with Crippen LogP contribution in [-0.4, -0.2) is 4.98 Å². The van der Waals surface area contributed by atoms with E-state index in [0.29, 0.717) is 0 Å². The van der Waals surface area contributed by atoms with Gasteiger partial charge < -0.3 is 9.32 Å². The fourth-order valence-corrected chi connectivity index (χ4v) is 8.40. The molecule has 0 unspecified atom stereocenters. The first kappa shape index (κ1) is 33.6. The highest BCUT2D eigenvalue weighted by atomic mass is 16.3. The van der Waals surface area contributed by atoms with Crippen molar-refractivity contribution in [3.63, 3.8) is 0 Å². The minimum absolute atomic E-state index is 0.830. The molecule has 0 fully saturated rings. The Morgan fingerprint density at radius 1 is 0.345 bits per heavy atom. The van der Waals surface area contributed by atoms with E-state index in [4.69, 9.17) is 9.40 Å². The average Bonchev–Trinajstić information content (AvgIpc) is 3.66. The summed E-state index contributed by atoms with van der Waals surface area (Å²) in [5, 5.41) is 6.92. The van der Waals surface area contributed by atoms with Crippen molar-refractivity contribution in [2.45, 2.75) is 0 Å². The Morgan fingerprint density at radius 3 is 1.67 bits per heavy atom.